The first kappa shape index (κ1) is 24.5. The number of hydrogen-bond acceptors (Lipinski definition) is 7. The Labute approximate surface area is 211 Å². The van der Waals surface area contributed by atoms with Crippen LogP contribution in [0.3, 0.4) is 0 Å². The average Bonchev–Trinajstić information content (AvgIpc) is 3.06. The largest absolute Gasteiger partial charge is 0.491 e. The van der Waals surface area contributed by atoms with Crippen molar-refractivity contribution in [2.45, 2.75) is 38.8 Å². The highest BCUT2D eigenvalue weighted by atomic mass is 16.5. The lowest BCUT2D eigenvalue weighted by atomic mass is 10.1. The van der Waals surface area contributed by atoms with Crippen LogP contribution < -0.4 is 10.3 Å². The summed E-state index contributed by atoms with van der Waals surface area (Å²) in [6.45, 7) is 5.91. The molecule has 2 aliphatic rings. The van der Waals surface area contributed by atoms with Crippen molar-refractivity contribution in [2.24, 2.45) is 7.05 Å². The summed E-state index contributed by atoms with van der Waals surface area (Å²) in [6, 6.07) is 9.55. The number of esters is 1. The van der Waals surface area contributed by atoms with Gasteiger partial charge in [0.25, 0.3) is 5.56 Å². The number of para-hydroxylation sites is 2. The lowest BCUT2D eigenvalue weighted by Crippen LogP contribution is -2.34. The number of aromatic nitrogens is 3. The Morgan fingerprint density at radius 3 is 2.61 bits per heavy atom. The molecular weight excluding hydrogens is 458 g/mol. The van der Waals surface area contributed by atoms with Crippen LogP contribution in [0.1, 0.15) is 41.1 Å². The van der Waals surface area contributed by atoms with Gasteiger partial charge in [0.1, 0.15) is 23.7 Å². The van der Waals surface area contributed by atoms with Crippen LogP contribution in [0.2, 0.25) is 0 Å². The molecule has 9 heteroatoms. The zero-order valence-corrected chi connectivity index (χ0v) is 21.2. The number of imidazole rings is 1. The first-order chi connectivity index (χ1) is 17.5. The van der Waals surface area contributed by atoms with Gasteiger partial charge in [-0.1, -0.05) is 18.6 Å². The maximum absolute atomic E-state index is 13.1. The van der Waals surface area contributed by atoms with Crippen LogP contribution in [0.15, 0.2) is 35.1 Å². The molecule has 2 aromatic heterocycles. The smallest absolute Gasteiger partial charge is 0.343 e. The number of likely N-dealkylation sites (tertiary alicyclic amines) is 1. The van der Waals surface area contributed by atoms with Crippen molar-refractivity contribution in [2.75, 3.05) is 46.4 Å². The minimum atomic E-state index is -0.462. The quantitative estimate of drug-likeness (QED) is 0.468. The second-order valence-corrected chi connectivity index (χ2v) is 9.66. The van der Waals surface area contributed by atoms with Crippen LogP contribution in [0.25, 0.3) is 11.0 Å². The van der Waals surface area contributed by atoms with Gasteiger partial charge >= 0.3 is 5.97 Å². The number of hydrogen-bond donors (Lipinski definition) is 0. The lowest BCUT2D eigenvalue weighted by Gasteiger charge is -2.26. The number of pyridine rings is 1. The number of methoxy groups -OCH3 is 1. The predicted molar refractivity (Wildman–Crippen MR) is 138 cm³/mol. The topological polar surface area (TPSA) is 81.8 Å². The fourth-order valence-corrected chi connectivity index (χ4v) is 5.39. The third kappa shape index (κ3) is 5.03. The zero-order valence-electron chi connectivity index (χ0n) is 21.2. The number of piperidine rings is 1. The number of rotatable bonds is 7. The highest BCUT2D eigenvalue weighted by molar-refractivity contribution is 5.93. The van der Waals surface area contributed by atoms with E-state index >= 15 is 0 Å². The predicted octanol–water partition coefficient (Wildman–Crippen LogP) is 2.44. The Hall–Kier alpha value is -3.17. The van der Waals surface area contributed by atoms with Crippen LogP contribution in [0.4, 0.5) is 0 Å². The SMILES string of the molecule is COC(=O)c1c(OCCN2CCCCC2)cc(=O)n2c1CCN(Cc1nc3ccccc3n1C)CC2. The molecule has 0 radical (unpaired) electrons. The normalized spacial score (nSPS) is 17.1. The Balaban J connectivity index is 1.35. The molecule has 5 rings (SSSR count). The van der Waals surface area contributed by atoms with Gasteiger partial charge in [0.2, 0.25) is 0 Å². The number of ether oxygens (including phenoxy) is 2. The Morgan fingerprint density at radius 2 is 1.83 bits per heavy atom. The van der Waals surface area contributed by atoms with Gasteiger partial charge in [0.05, 0.1) is 24.7 Å². The first-order valence-electron chi connectivity index (χ1n) is 12.9. The fourth-order valence-electron chi connectivity index (χ4n) is 5.39. The molecule has 0 amide bonds. The van der Waals surface area contributed by atoms with Crippen LogP contribution in [-0.4, -0.2) is 76.3 Å². The molecule has 0 atom stereocenters. The second-order valence-electron chi connectivity index (χ2n) is 9.66. The van der Waals surface area contributed by atoms with Crippen molar-refractivity contribution in [1.29, 1.82) is 0 Å². The zero-order chi connectivity index (χ0) is 25.1. The minimum Gasteiger partial charge on any atom is -0.491 e. The van der Waals surface area contributed by atoms with Gasteiger partial charge in [-0.25, -0.2) is 9.78 Å². The number of fused-ring (bicyclic) bond motifs is 2. The van der Waals surface area contributed by atoms with E-state index in [1.165, 1.54) is 32.4 Å². The van der Waals surface area contributed by atoms with Crippen molar-refractivity contribution in [3.8, 4) is 5.75 Å². The summed E-state index contributed by atoms with van der Waals surface area (Å²) in [7, 11) is 3.40. The molecule has 0 aliphatic carbocycles. The highest BCUT2D eigenvalue weighted by Crippen LogP contribution is 2.25. The molecular formula is C27H35N5O4. The van der Waals surface area contributed by atoms with E-state index < -0.39 is 5.97 Å². The van der Waals surface area contributed by atoms with Gasteiger partial charge in [-0.15, -0.1) is 0 Å². The molecule has 0 N–H and O–H groups in total. The summed E-state index contributed by atoms with van der Waals surface area (Å²) in [6.07, 6.45) is 4.24. The maximum Gasteiger partial charge on any atom is 0.343 e. The van der Waals surface area contributed by atoms with Gasteiger partial charge in [-0.05, 0) is 38.1 Å². The molecule has 1 aromatic carbocycles. The molecule has 9 nitrogen and oxygen atoms in total. The standard InChI is InChI=1S/C27H35N5O4/c1-29-21-9-5-4-8-20(21)28-24(29)19-31-13-10-22-26(27(34)35-2)23(18-25(33)32(22)15-14-31)36-17-16-30-11-6-3-7-12-30/h4-5,8-9,18H,3,6-7,10-17,19H2,1-2H3. The second kappa shape index (κ2) is 10.8. The molecule has 2 aliphatic heterocycles. The van der Waals surface area contributed by atoms with E-state index in [2.05, 4.69) is 20.4 Å². The van der Waals surface area contributed by atoms with Crippen LogP contribution in [-0.2, 0) is 31.3 Å². The molecule has 3 aromatic rings. The van der Waals surface area contributed by atoms with Gasteiger partial charge < -0.3 is 18.6 Å². The monoisotopic (exact) mass is 493 g/mol. The summed E-state index contributed by atoms with van der Waals surface area (Å²) >= 11 is 0. The number of carbonyl (C=O) groups is 1. The third-order valence-electron chi connectivity index (χ3n) is 7.43. The van der Waals surface area contributed by atoms with Gasteiger partial charge in [0, 0.05) is 51.4 Å². The summed E-state index contributed by atoms with van der Waals surface area (Å²) in [5, 5.41) is 0. The van der Waals surface area contributed by atoms with E-state index in [9.17, 15) is 9.59 Å². The van der Waals surface area contributed by atoms with Crippen LogP contribution >= 0.6 is 0 Å². The van der Waals surface area contributed by atoms with Gasteiger partial charge in [-0.2, -0.15) is 0 Å². The molecule has 0 saturated carbocycles. The summed E-state index contributed by atoms with van der Waals surface area (Å²) in [5.41, 5.74) is 3.00. The number of nitrogens with zero attached hydrogens (tertiary/aromatic N) is 5. The summed E-state index contributed by atoms with van der Waals surface area (Å²) in [4.78, 5) is 35.4. The van der Waals surface area contributed by atoms with Gasteiger partial charge in [-0.3, -0.25) is 14.6 Å². The van der Waals surface area contributed by atoms with E-state index in [0.29, 0.717) is 56.2 Å². The number of carbonyl (C=O) groups excluding carboxylic acids is 1. The summed E-state index contributed by atoms with van der Waals surface area (Å²) in [5.74, 6) is 0.846. The van der Waals surface area contributed by atoms with Crippen molar-refractivity contribution >= 4 is 17.0 Å². The molecule has 0 spiro atoms. The first-order valence-corrected chi connectivity index (χ1v) is 12.9. The maximum atomic E-state index is 13.1. The minimum absolute atomic E-state index is 0.143. The molecule has 36 heavy (non-hydrogen) atoms. The average molecular weight is 494 g/mol. The van der Waals surface area contributed by atoms with Crippen molar-refractivity contribution < 1.29 is 14.3 Å². The number of benzene rings is 1. The van der Waals surface area contributed by atoms with Crippen LogP contribution in [0.5, 0.6) is 5.75 Å². The molecule has 1 fully saturated rings. The molecule has 0 unspecified atom stereocenters. The third-order valence-corrected chi connectivity index (χ3v) is 7.43. The van der Waals surface area contributed by atoms with Crippen molar-refractivity contribution in [1.82, 2.24) is 23.9 Å². The van der Waals surface area contributed by atoms with E-state index in [4.69, 9.17) is 14.5 Å². The van der Waals surface area contributed by atoms with E-state index in [-0.39, 0.29) is 5.56 Å². The Bertz CT molecular complexity index is 1290. The van der Waals surface area contributed by atoms with Gasteiger partial charge in [0.15, 0.2) is 0 Å². The van der Waals surface area contributed by atoms with Crippen LogP contribution in [0, 0.1) is 0 Å². The Morgan fingerprint density at radius 1 is 1.03 bits per heavy atom. The molecule has 1 saturated heterocycles. The Kier molecular flexibility index (Phi) is 7.38. The van der Waals surface area contributed by atoms with E-state index in [1.807, 2.05) is 25.2 Å². The highest BCUT2D eigenvalue weighted by Gasteiger charge is 2.27. The lowest BCUT2D eigenvalue weighted by molar-refractivity contribution is 0.0592. The van der Waals surface area contributed by atoms with E-state index in [1.54, 1.807) is 4.57 Å². The van der Waals surface area contributed by atoms with Crippen molar-refractivity contribution in [3.63, 3.8) is 0 Å². The summed E-state index contributed by atoms with van der Waals surface area (Å²) < 4.78 is 15.0. The molecule has 192 valence electrons. The molecule has 4 heterocycles. The molecule has 0 bridgehead atoms. The fraction of sp³-hybridized carbons (Fsp3) is 0.519. The van der Waals surface area contributed by atoms with Crippen molar-refractivity contribution in [3.05, 3.63) is 57.8 Å². The number of aryl methyl sites for hydroxylation is 1. The van der Waals surface area contributed by atoms with E-state index in [0.717, 1.165) is 36.5 Å².